The van der Waals surface area contributed by atoms with Gasteiger partial charge in [0.25, 0.3) is 0 Å². The van der Waals surface area contributed by atoms with Gasteiger partial charge >= 0.3 is 0 Å². The summed E-state index contributed by atoms with van der Waals surface area (Å²) < 4.78 is 6.05. The minimum atomic E-state index is 0.737. The number of hydrogen-bond acceptors (Lipinski definition) is 3. The molecule has 51 heavy (non-hydrogen) atoms. The van der Waals surface area contributed by atoms with E-state index in [2.05, 4.69) is 167 Å². The summed E-state index contributed by atoms with van der Waals surface area (Å²) in [5.74, 6) is 1.59. The fourth-order valence-electron chi connectivity index (χ4n) is 8.19. The summed E-state index contributed by atoms with van der Waals surface area (Å²) in [5, 5.41) is 6.15. The third-order valence-corrected chi connectivity index (χ3v) is 11.7. The molecule has 0 bridgehead atoms. The van der Waals surface area contributed by atoms with E-state index in [1.165, 1.54) is 47.6 Å². The lowest BCUT2D eigenvalue weighted by Crippen LogP contribution is -2.04. The molecule has 0 saturated carbocycles. The third kappa shape index (κ3) is 4.25. The highest BCUT2D eigenvalue weighted by molar-refractivity contribution is 7.20. The molecule has 0 fully saturated rings. The van der Waals surface area contributed by atoms with E-state index in [-0.39, 0.29) is 0 Å². The molecule has 5 heteroatoms. The van der Waals surface area contributed by atoms with E-state index in [1.54, 1.807) is 0 Å². The molecular weight excluding hydrogens is 641 g/mol. The molecule has 1 aliphatic rings. The van der Waals surface area contributed by atoms with Crippen LogP contribution in [0.2, 0.25) is 0 Å². The first kappa shape index (κ1) is 28.5. The topological polar surface area (TPSA) is 35.6 Å². The van der Waals surface area contributed by atoms with Gasteiger partial charge < -0.3 is 4.57 Å². The Hall–Kier alpha value is -6.30. The van der Waals surface area contributed by atoms with Crippen LogP contribution in [0.5, 0.6) is 0 Å². The molecule has 1 aliphatic carbocycles. The van der Waals surface area contributed by atoms with E-state index in [4.69, 9.17) is 9.97 Å². The number of fused-ring (bicyclic) bond motifs is 10. The number of thiophene rings is 1. The number of nitrogens with zero attached hydrogens (tertiary/aromatic N) is 4. The molecule has 240 valence electrons. The van der Waals surface area contributed by atoms with Crippen LogP contribution in [-0.4, -0.2) is 19.1 Å². The van der Waals surface area contributed by atoms with Gasteiger partial charge in [-0.3, -0.25) is 4.57 Å². The van der Waals surface area contributed by atoms with Crippen molar-refractivity contribution < 1.29 is 0 Å². The number of para-hydroxylation sites is 3. The van der Waals surface area contributed by atoms with E-state index in [0.29, 0.717) is 0 Å². The maximum Gasteiger partial charge on any atom is 0.163 e. The van der Waals surface area contributed by atoms with Crippen molar-refractivity contribution in [2.24, 2.45) is 0 Å². The highest BCUT2D eigenvalue weighted by Crippen LogP contribution is 2.43. The maximum atomic E-state index is 5.52. The van der Waals surface area contributed by atoms with Crippen molar-refractivity contribution in [3.63, 3.8) is 0 Å². The minimum Gasteiger partial charge on any atom is -0.307 e. The molecule has 0 aliphatic heterocycles. The Morgan fingerprint density at radius 3 is 1.96 bits per heavy atom. The van der Waals surface area contributed by atoms with Gasteiger partial charge in [0.2, 0.25) is 0 Å². The molecule has 0 atom stereocenters. The number of aromatic nitrogens is 4. The SMILES string of the molecule is C1=Cc2sc3c(-c4nc(-c5ccccc5)cc(-n5c6ccccc6c6ccc7c8ccccc8n(-c8ccccc8)c7c65)n4)cccc3c2CC1. The second-order valence-electron chi connectivity index (χ2n) is 13.3. The lowest BCUT2D eigenvalue weighted by molar-refractivity contribution is 1.01. The second-order valence-corrected chi connectivity index (χ2v) is 14.3. The summed E-state index contributed by atoms with van der Waals surface area (Å²) >= 11 is 1.86. The largest absolute Gasteiger partial charge is 0.307 e. The molecule has 4 heterocycles. The van der Waals surface area contributed by atoms with E-state index in [0.717, 1.165) is 63.5 Å². The molecule has 0 unspecified atom stereocenters. The third-order valence-electron chi connectivity index (χ3n) is 10.4. The summed E-state index contributed by atoms with van der Waals surface area (Å²) in [4.78, 5) is 12.2. The van der Waals surface area contributed by atoms with E-state index < -0.39 is 0 Å². The highest BCUT2D eigenvalue weighted by atomic mass is 32.1. The van der Waals surface area contributed by atoms with Crippen LogP contribution in [0.1, 0.15) is 16.9 Å². The zero-order chi connectivity index (χ0) is 33.5. The summed E-state index contributed by atoms with van der Waals surface area (Å²) in [7, 11) is 0. The van der Waals surface area contributed by atoms with Crippen molar-refractivity contribution in [2.75, 3.05) is 0 Å². The van der Waals surface area contributed by atoms with Crippen LogP contribution >= 0.6 is 11.3 Å². The predicted octanol–water partition coefficient (Wildman–Crippen LogP) is 12.2. The number of hydrogen-bond donors (Lipinski definition) is 0. The first-order valence-corrected chi connectivity index (χ1v) is 18.3. The average molecular weight is 671 g/mol. The molecule has 0 N–H and O–H groups in total. The van der Waals surface area contributed by atoms with E-state index >= 15 is 0 Å². The Balaban J connectivity index is 1.29. The number of allylic oxidation sites excluding steroid dienone is 1. The van der Waals surface area contributed by atoms with Gasteiger partial charge in [-0.1, -0.05) is 115 Å². The van der Waals surface area contributed by atoms with Crippen LogP contribution in [0.25, 0.3) is 93.9 Å². The van der Waals surface area contributed by atoms with Crippen LogP contribution in [-0.2, 0) is 6.42 Å². The number of aryl methyl sites for hydroxylation is 1. The quantitative estimate of drug-likeness (QED) is 0.187. The fourth-order valence-corrected chi connectivity index (χ4v) is 9.48. The Bertz CT molecular complexity index is 3020. The molecule has 4 nitrogen and oxygen atoms in total. The summed E-state index contributed by atoms with van der Waals surface area (Å²) in [5.41, 5.74) is 10.2. The zero-order valence-electron chi connectivity index (χ0n) is 27.6. The molecule has 4 aromatic heterocycles. The van der Waals surface area contributed by atoms with Gasteiger partial charge in [0.15, 0.2) is 5.82 Å². The number of rotatable bonds is 4. The van der Waals surface area contributed by atoms with Gasteiger partial charge in [-0.25, -0.2) is 9.97 Å². The van der Waals surface area contributed by atoms with E-state index in [1.807, 2.05) is 11.3 Å². The molecule has 11 rings (SSSR count). The Morgan fingerprint density at radius 2 is 1.20 bits per heavy atom. The van der Waals surface area contributed by atoms with Gasteiger partial charge in [0.1, 0.15) is 5.82 Å². The molecule has 10 aromatic rings. The highest BCUT2D eigenvalue weighted by Gasteiger charge is 2.23. The average Bonchev–Trinajstić information content (AvgIpc) is 3.86. The molecule has 6 aromatic carbocycles. The van der Waals surface area contributed by atoms with Crippen LogP contribution in [0, 0.1) is 0 Å². The second kappa shape index (κ2) is 11.1. The Labute approximate surface area is 298 Å². The molecule has 0 spiro atoms. The summed E-state index contributed by atoms with van der Waals surface area (Å²) in [6, 6.07) is 52.1. The monoisotopic (exact) mass is 670 g/mol. The Morgan fingerprint density at radius 1 is 0.549 bits per heavy atom. The van der Waals surface area contributed by atoms with Crippen molar-refractivity contribution >= 4 is 71.1 Å². The van der Waals surface area contributed by atoms with Gasteiger partial charge in [-0.2, -0.15) is 0 Å². The Kier molecular flexibility index (Phi) is 6.21. The first-order chi connectivity index (χ1) is 25.3. The van der Waals surface area contributed by atoms with Gasteiger partial charge in [-0.15, -0.1) is 11.3 Å². The fraction of sp³-hybridized carbons (Fsp3) is 0.0435. The van der Waals surface area contributed by atoms with E-state index in [9.17, 15) is 0 Å². The summed E-state index contributed by atoms with van der Waals surface area (Å²) in [6.45, 7) is 0. The van der Waals surface area contributed by atoms with Crippen LogP contribution < -0.4 is 0 Å². The van der Waals surface area contributed by atoms with Crippen LogP contribution in [0.4, 0.5) is 0 Å². The van der Waals surface area contributed by atoms with Crippen molar-refractivity contribution in [3.05, 3.63) is 162 Å². The zero-order valence-corrected chi connectivity index (χ0v) is 28.4. The smallest absolute Gasteiger partial charge is 0.163 e. The maximum absolute atomic E-state index is 5.52. The van der Waals surface area contributed by atoms with Gasteiger partial charge in [0, 0.05) is 54.0 Å². The van der Waals surface area contributed by atoms with Crippen molar-refractivity contribution in [3.8, 4) is 34.2 Å². The van der Waals surface area contributed by atoms with Crippen LogP contribution in [0.3, 0.4) is 0 Å². The van der Waals surface area contributed by atoms with Gasteiger partial charge in [0.05, 0.1) is 27.8 Å². The molecular formula is C46H30N4S. The van der Waals surface area contributed by atoms with Crippen LogP contribution in [0.15, 0.2) is 152 Å². The van der Waals surface area contributed by atoms with Crippen molar-refractivity contribution in [1.82, 2.24) is 19.1 Å². The van der Waals surface area contributed by atoms with Crippen molar-refractivity contribution in [1.29, 1.82) is 0 Å². The molecule has 0 saturated heterocycles. The first-order valence-electron chi connectivity index (χ1n) is 17.5. The minimum absolute atomic E-state index is 0.737. The van der Waals surface area contributed by atoms with Crippen molar-refractivity contribution in [2.45, 2.75) is 12.8 Å². The van der Waals surface area contributed by atoms with Gasteiger partial charge in [-0.05, 0) is 60.2 Å². The lowest BCUT2D eigenvalue weighted by atomic mass is 10.00. The predicted molar refractivity (Wildman–Crippen MR) is 214 cm³/mol. The standard InChI is InChI=1S/C46H30N4S/c1-3-14-29(15-4-1)38-28-42(48-46(47-38)37-22-13-21-36-33-20-9-12-25-41(33)51-45(36)37)50-40-24-11-8-19-32(40)35-27-26-34-31-18-7-10-23-39(31)49(43(34)44(35)50)30-16-5-2-6-17-30/h1-8,10-19,21-28H,9,20H2. The summed E-state index contributed by atoms with van der Waals surface area (Å²) in [6.07, 6.45) is 6.72. The normalized spacial score (nSPS) is 12.9. The molecule has 0 amide bonds. The molecule has 0 radical (unpaired) electrons. The number of benzene rings is 6. The lowest BCUT2D eigenvalue weighted by Gasteiger charge is -2.14.